The highest BCUT2D eigenvalue weighted by Crippen LogP contribution is 2.26. The van der Waals surface area contributed by atoms with Crippen LogP contribution in [0.15, 0.2) is 40.9 Å². The molecule has 3 aromatic rings. The molecule has 1 aliphatic rings. The molecule has 1 fully saturated rings. The van der Waals surface area contributed by atoms with Crippen molar-refractivity contribution in [2.75, 3.05) is 24.5 Å². The second-order valence-electron chi connectivity index (χ2n) is 7.71. The molecule has 1 saturated heterocycles. The van der Waals surface area contributed by atoms with Crippen molar-refractivity contribution < 1.29 is 24.0 Å². The highest BCUT2D eigenvalue weighted by molar-refractivity contribution is 6.31. The maximum Gasteiger partial charge on any atom is 0.407 e. The third kappa shape index (κ3) is 5.47. The number of aromatic nitrogens is 2. The average Bonchev–Trinajstić information content (AvgIpc) is 3.27. The molecule has 32 heavy (non-hydrogen) atoms. The lowest BCUT2D eigenvalue weighted by molar-refractivity contribution is 0.0684. The highest BCUT2D eigenvalue weighted by Gasteiger charge is 2.20. The average molecular weight is 459 g/mol. The number of carbonyl (C=O) groups excluding carboxylic acids is 1. The molecule has 1 amide bonds. The summed E-state index contributed by atoms with van der Waals surface area (Å²) in [5, 5.41) is 16.6. The van der Waals surface area contributed by atoms with Crippen LogP contribution in [0.2, 0.25) is 5.02 Å². The van der Waals surface area contributed by atoms with E-state index in [4.69, 9.17) is 31.0 Å². The van der Waals surface area contributed by atoms with Gasteiger partial charge in [-0.25, -0.2) is 14.6 Å². The zero-order valence-corrected chi connectivity index (χ0v) is 18.0. The molecule has 0 saturated carbocycles. The Labute approximate surface area is 189 Å². The maximum atomic E-state index is 11.8. The number of rotatable bonds is 7. The van der Waals surface area contributed by atoms with Crippen molar-refractivity contribution >= 4 is 40.4 Å². The van der Waals surface area contributed by atoms with Gasteiger partial charge >= 0.3 is 12.1 Å². The predicted molar refractivity (Wildman–Crippen MR) is 118 cm³/mol. The lowest BCUT2D eigenvalue weighted by Gasteiger charge is -2.33. The Morgan fingerprint density at radius 3 is 2.78 bits per heavy atom. The summed E-state index contributed by atoms with van der Waals surface area (Å²) < 4.78 is 9.83. The first-order valence-electron chi connectivity index (χ1n) is 10.4. The number of pyridine rings is 1. The summed E-state index contributed by atoms with van der Waals surface area (Å²) in [4.78, 5) is 29.6. The number of nitrogens with zero attached hydrogens (tertiary/aromatic N) is 3. The summed E-state index contributed by atoms with van der Waals surface area (Å²) >= 11 is 6.04. The highest BCUT2D eigenvalue weighted by atomic mass is 35.5. The molecular weight excluding hydrogens is 436 g/mol. The van der Waals surface area contributed by atoms with Gasteiger partial charge in [-0.05, 0) is 55.5 Å². The van der Waals surface area contributed by atoms with Crippen LogP contribution in [-0.4, -0.2) is 46.9 Å². The molecule has 168 valence electrons. The van der Waals surface area contributed by atoms with E-state index in [0.29, 0.717) is 17.5 Å². The minimum atomic E-state index is -1.20. The normalized spacial score (nSPS) is 14.5. The Morgan fingerprint density at radius 2 is 2.03 bits per heavy atom. The Hall–Kier alpha value is -3.33. The number of nitrogens with one attached hydrogen (secondary N) is 1. The summed E-state index contributed by atoms with van der Waals surface area (Å²) in [5.41, 5.74) is 0.708. The minimum Gasteiger partial charge on any atom is -0.476 e. The minimum absolute atomic E-state index is 0.171. The molecule has 10 heteroatoms. The summed E-state index contributed by atoms with van der Waals surface area (Å²) in [6.45, 7) is 2.17. The van der Waals surface area contributed by atoms with Gasteiger partial charge < -0.3 is 24.6 Å². The molecule has 2 N–H and O–H groups in total. The Kier molecular flexibility index (Phi) is 6.75. The van der Waals surface area contributed by atoms with Gasteiger partial charge in [0.05, 0.1) is 5.52 Å². The van der Waals surface area contributed by atoms with Crippen molar-refractivity contribution in [2.24, 2.45) is 5.92 Å². The number of benzene rings is 1. The van der Waals surface area contributed by atoms with Crippen LogP contribution in [0.1, 0.15) is 35.5 Å². The molecule has 1 aliphatic heterocycles. The van der Waals surface area contributed by atoms with Gasteiger partial charge in [0.1, 0.15) is 5.82 Å². The first kappa shape index (κ1) is 21.9. The molecule has 0 aliphatic carbocycles. The molecule has 0 spiro atoms. The molecule has 4 rings (SSSR count). The van der Waals surface area contributed by atoms with Gasteiger partial charge in [-0.15, -0.1) is 0 Å². The number of piperidine rings is 1. The molecule has 3 heterocycles. The van der Waals surface area contributed by atoms with E-state index in [0.717, 1.165) is 49.1 Å². The van der Waals surface area contributed by atoms with E-state index in [1.54, 1.807) is 0 Å². The summed E-state index contributed by atoms with van der Waals surface area (Å²) in [5.74, 6) is 0.462. The van der Waals surface area contributed by atoms with Crippen LogP contribution in [-0.2, 0) is 11.3 Å². The van der Waals surface area contributed by atoms with Crippen LogP contribution in [0.5, 0.6) is 0 Å². The number of halogens is 1. The molecule has 0 atom stereocenters. The summed E-state index contributed by atoms with van der Waals surface area (Å²) in [7, 11) is 0. The number of carbonyl (C=O) groups is 2. The quantitative estimate of drug-likeness (QED) is 0.543. The van der Waals surface area contributed by atoms with Crippen LogP contribution in [0, 0.1) is 5.92 Å². The van der Waals surface area contributed by atoms with Gasteiger partial charge in [-0.2, -0.15) is 0 Å². The molecule has 0 radical (unpaired) electrons. The first-order chi connectivity index (χ1) is 15.5. The van der Waals surface area contributed by atoms with Crippen molar-refractivity contribution in [3.8, 4) is 0 Å². The Balaban J connectivity index is 1.17. The van der Waals surface area contributed by atoms with Gasteiger partial charge in [0.2, 0.25) is 0 Å². The number of aromatic carboxylic acids is 1. The number of anilines is 1. The Bertz CT molecular complexity index is 1110. The number of ether oxygens (including phenoxy) is 1. The number of carboxylic acids is 1. The summed E-state index contributed by atoms with van der Waals surface area (Å²) in [6, 6.07) is 11.0. The van der Waals surface area contributed by atoms with E-state index in [1.807, 2.05) is 30.3 Å². The summed E-state index contributed by atoms with van der Waals surface area (Å²) in [6.07, 6.45) is 2.33. The van der Waals surface area contributed by atoms with E-state index in [2.05, 4.69) is 15.4 Å². The first-order valence-corrected chi connectivity index (χ1v) is 10.8. The zero-order valence-electron chi connectivity index (χ0n) is 17.3. The molecular formula is C22H23ClN4O5. The van der Waals surface area contributed by atoms with Crippen LogP contribution in [0.3, 0.4) is 0 Å². The van der Waals surface area contributed by atoms with E-state index < -0.39 is 12.1 Å². The smallest absolute Gasteiger partial charge is 0.407 e. The number of alkyl carbamates (subject to hydrolysis) is 1. The second-order valence-corrected chi connectivity index (χ2v) is 8.15. The van der Waals surface area contributed by atoms with Gasteiger partial charge in [-0.1, -0.05) is 16.8 Å². The van der Waals surface area contributed by atoms with Crippen molar-refractivity contribution in [1.29, 1.82) is 0 Å². The standard InChI is InChI=1S/C22H23ClN4O5/c23-16-2-3-18-15(11-16)1-4-20(25-18)27-9-6-14(7-10-27)5-8-24-22(30)31-13-17-12-19(21(28)29)26-32-17/h1-4,11-12,14H,5-10,13H2,(H,24,30)(H,28,29). The van der Waals surface area contributed by atoms with Gasteiger partial charge in [-0.3, -0.25) is 0 Å². The molecule has 0 bridgehead atoms. The van der Waals surface area contributed by atoms with Gasteiger partial charge in [0, 0.05) is 36.1 Å². The fourth-order valence-electron chi connectivity index (χ4n) is 3.76. The number of fused-ring (bicyclic) bond motifs is 1. The topological polar surface area (TPSA) is 118 Å². The van der Waals surface area contributed by atoms with Crippen LogP contribution in [0.25, 0.3) is 10.9 Å². The van der Waals surface area contributed by atoms with Crippen molar-refractivity contribution in [2.45, 2.75) is 25.9 Å². The molecule has 9 nitrogen and oxygen atoms in total. The van der Waals surface area contributed by atoms with E-state index in [1.165, 1.54) is 6.07 Å². The van der Waals surface area contributed by atoms with E-state index in [-0.39, 0.29) is 18.1 Å². The van der Waals surface area contributed by atoms with Gasteiger partial charge in [0.15, 0.2) is 18.1 Å². The van der Waals surface area contributed by atoms with Crippen LogP contribution in [0.4, 0.5) is 10.6 Å². The van der Waals surface area contributed by atoms with Crippen LogP contribution >= 0.6 is 11.6 Å². The van der Waals surface area contributed by atoms with E-state index >= 15 is 0 Å². The fraction of sp³-hybridized carbons (Fsp3) is 0.364. The predicted octanol–water partition coefficient (Wildman–Crippen LogP) is 4.11. The molecule has 1 aromatic carbocycles. The third-order valence-electron chi connectivity index (χ3n) is 5.52. The zero-order chi connectivity index (χ0) is 22.5. The lowest BCUT2D eigenvalue weighted by Crippen LogP contribution is -2.35. The number of carboxylic acid groups (broad SMARTS) is 1. The lowest BCUT2D eigenvalue weighted by atomic mass is 9.93. The van der Waals surface area contributed by atoms with Crippen molar-refractivity contribution in [1.82, 2.24) is 15.5 Å². The SMILES string of the molecule is O=C(NCCC1CCN(c2ccc3cc(Cl)ccc3n2)CC1)OCc1cc(C(=O)O)no1. The van der Waals surface area contributed by atoms with Crippen LogP contribution < -0.4 is 10.2 Å². The maximum absolute atomic E-state index is 11.8. The monoisotopic (exact) mass is 458 g/mol. The number of hydrogen-bond acceptors (Lipinski definition) is 7. The molecule has 2 aromatic heterocycles. The molecule has 0 unspecified atom stereocenters. The van der Waals surface area contributed by atoms with Crippen molar-refractivity contribution in [3.05, 3.63) is 52.9 Å². The Morgan fingerprint density at radius 1 is 1.22 bits per heavy atom. The van der Waals surface area contributed by atoms with Gasteiger partial charge in [0.25, 0.3) is 0 Å². The largest absolute Gasteiger partial charge is 0.476 e. The number of hydrogen-bond donors (Lipinski definition) is 2. The fourth-order valence-corrected chi connectivity index (χ4v) is 3.94. The number of amides is 1. The van der Waals surface area contributed by atoms with E-state index in [9.17, 15) is 9.59 Å². The second kappa shape index (κ2) is 9.86. The third-order valence-corrected chi connectivity index (χ3v) is 5.76. The van der Waals surface area contributed by atoms with Crippen molar-refractivity contribution in [3.63, 3.8) is 0 Å².